The first-order chi connectivity index (χ1) is 9.58. The van der Waals surface area contributed by atoms with Crippen molar-refractivity contribution < 1.29 is 4.92 Å². The number of hydrogen-bond acceptors (Lipinski definition) is 3. The SMILES string of the molecule is CC1(CC2CCCCC2)CNc2cc([N+](=O)[O-])ccc21. The standard InChI is InChI=1S/C16H22N2O2/c1-16(10-12-5-3-2-4-6-12)11-17-15-9-13(18(19)20)7-8-14(15)16/h7-9,12,17H,2-6,10-11H2,1H3. The maximum atomic E-state index is 10.9. The lowest BCUT2D eigenvalue weighted by molar-refractivity contribution is -0.384. The van der Waals surface area contributed by atoms with Gasteiger partial charge in [0, 0.05) is 29.8 Å². The number of fused-ring (bicyclic) bond motifs is 1. The van der Waals surface area contributed by atoms with Gasteiger partial charge < -0.3 is 5.32 Å². The predicted octanol–water partition coefficient (Wildman–Crippen LogP) is 4.25. The van der Waals surface area contributed by atoms with Crippen molar-refractivity contribution in [3.05, 3.63) is 33.9 Å². The topological polar surface area (TPSA) is 55.2 Å². The third-order valence-electron chi connectivity index (χ3n) is 5.00. The molecule has 0 amide bonds. The van der Waals surface area contributed by atoms with Gasteiger partial charge in [-0.05, 0) is 24.0 Å². The molecule has 3 rings (SSSR count). The lowest BCUT2D eigenvalue weighted by Gasteiger charge is -2.31. The Morgan fingerprint density at radius 2 is 2.10 bits per heavy atom. The van der Waals surface area contributed by atoms with Crippen LogP contribution in [-0.4, -0.2) is 11.5 Å². The lowest BCUT2D eigenvalue weighted by atomic mass is 9.73. The van der Waals surface area contributed by atoms with E-state index in [2.05, 4.69) is 12.2 Å². The summed E-state index contributed by atoms with van der Waals surface area (Å²) in [4.78, 5) is 10.5. The van der Waals surface area contributed by atoms with Crippen LogP contribution in [0.5, 0.6) is 0 Å². The van der Waals surface area contributed by atoms with Gasteiger partial charge in [0.1, 0.15) is 0 Å². The number of hydrogen-bond donors (Lipinski definition) is 1. The van der Waals surface area contributed by atoms with E-state index in [9.17, 15) is 10.1 Å². The largest absolute Gasteiger partial charge is 0.384 e. The summed E-state index contributed by atoms with van der Waals surface area (Å²) in [6.07, 6.45) is 8.00. The van der Waals surface area contributed by atoms with Crippen LogP contribution in [0.1, 0.15) is 51.0 Å². The molecule has 0 spiro atoms. The van der Waals surface area contributed by atoms with E-state index in [0.717, 1.165) is 18.2 Å². The molecular formula is C16H22N2O2. The molecule has 1 unspecified atom stereocenters. The van der Waals surface area contributed by atoms with E-state index < -0.39 is 0 Å². The average molecular weight is 274 g/mol. The normalized spacial score (nSPS) is 26.1. The van der Waals surface area contributed by atoms with Crippen LogP contribution < -0.4 is 5.32 Å². The number of benzene rings is 1. The quantitative estimate of drug-likeness (QED) is 0.662. The van der Waals surface area contributed by atoms with Gasteiger partial charge >= 0.3 is 0 Å². The van der Waals surface area contributed by atoms with Crippen LogP contribution >= 0.6 is 0 Å². The van der Waals surface area contributed by atoms with Crippen molar-refractivity contribution in [1.82, 2.24) is 0 Å². The van der Waals surface area contributed by atoms with Gasteiger partial charge in [-0.2, -0.15) is 0 Å². The molecule has 20 heavy (non-hydrogen) atoms. The van der Waals surface area contributed by atoms with E-state index in [-0.39, 0.29) is 16.0 Å². The zero-order valence-corrected chi connectivity index (χ0v) is 12.0. The predicted molar refractivity (Wildman–Crippen MR) is 80.1 cm³/mol. The molecule has 0 aromatic heterocycles. The van der Waals surface area contributed by atoms with Crippen molar-refractivity contribution in [3.63, 3.8) is 0 Å². The molecule has 0 radical (unpaired) electrons. The van der Waals surface area contributed by atoms with Crippen LogP contribution in [-0.2, 0) is 5.41 Å². The Balaban J connectivity index is 1.81. The molecule has 1 aliphatic heterocycles. The second-order valence-corrected chi connectivity index (χ2v) is 6.61. The number of nitro groups is 1. The van der Waals surface area contributed by atoms with Crippen molar-refractivity contribution in [1.29, 1.82) is 0 Å². The van der Waals surface area contributed by atoms with Gasteiger partial charge in [0.2, 0.25) is 0 Å². The highest BCUT2D eigenvalue weighted by molar-refractivity contribution is 5.64. The summed E-state index contributed by atoms with van der Waals surface area (Å²) in [5.74, 6) is 0.816. The molecule has 108 valence electrons. The summed E-state index contributed by atoms with van der Waals surface area (Å²) < 4.78 is 0. The molecule has 0 saturated heterocycles. The number of rotatable bonds is 3. The van der Waals surface area contributed by atoms with E-state index in [1.165, 1.54) is 44.1 Å². The van der Waals surface area contributed by atoms with Gasteiger partial charge in [0.05, 0.1) is 4.92 Å². The van der Waals surface area contributed by atoms with Gasteiger partial charge in [-0.3, -0.25) is 10.1 Å². The molecule has 1 saturated carbocycles. The van der Waals surface area contributed by atoms with Gasteiger partial charge in [-0.1, -0.05) is 39.0 Å². The summed E-state index contributed by atoms with van der Waals surface area (Å²) in [6.45, 7) is 3.20. The van der Waals surface area contributed by atoms with Crippen molar-refractivity contribution in [2.75, 3.05) is 11.9 Å². The highest BCUT2D eigenvalue weighted by Gasteiger charge is 2.37. The maximum absolute atomic E-state index is 10.9. The van der Waals surface area contributed by atoms with Gasteiger partial charge in [-0.15, -0.1) is 0 Å². The van der Waals surface area contributed by atoms with Crippen LogP contribution in [0.15, 0.2) is 18.2 Å². The minimum atomic E-state index is -0.321. The molecule has 1 aromatic carbocycles. The third kappa shape index (κ3) is 2.39. The van der Waals surface area contributed by atoms with Crippen molar-refractivity contribution in [2.24, 2.45) is 5.92 Å². The number of nitrogens with zero attached hydrogens (tertiary/aromatic N) is 1. The van der Waals surface area contributed by atoms with Crippen LogP contribution in [0.3, 0.4) is 0 Å². The smallest absolute Gasteiger partial charge is 0.271 e. The number of nitro benzene ring substituents is 1. The van der Waals surface area contributed by atoms with Crippen molar-refractivity contribution >= 4 is 11.4 Å². The zero-order chi connectivity index (χ0) is 14.2. The zero-order valence-electron chi connectivity index (χ0n) is 12.0. The van der Waals surface area contributed by atoms with Gasteiger partial charge in [0.25, 0.3) is 5.69 Å². The molecule has 2 aliphatic rings. The highest BCUT2D eigenvalue weighted by Crippen LogP contribution is 2.44. The molecular weight excluding hydrogens is 252 g/mol. The average Bonchev–Trinajstić information content (AvgIpc) is 2.77. The van der Waals surface area contributed by atoms with Crippen LogP contribution in [0, 0.1) is 16.0 Å². The van der Waals surface area contributed by atoms with Crippen LogP contribution in [0.25, 0.3) is 0 Å². The van der Waals surface area contributed by atoms with Crippen LogP contribution in [0.2, 0.25) is 0 Å². The van der Waals surface area contributed by atoms with Crippen LogP contribution in [0.4, 0.5) is 11.4 Å². The van der Waals surface area contributed by atoms with Gasteiger partial charge in [-0.25, -0.2) is 0 Å². The van der Waals surface area contributed by atoms with E-state index in [1.807, 2.05) is 6.07 Å². The van der Waals surface area contributed by atoms with E-state index in [1.54, 1.807) is 12.1 Å². The Bertz CT molecular complexity index is 523. The highest BCUT2D eigenvalue weighted by atomic mass is 16.6. The molecule has 1 heterocycles. The Labute approximate surface area is 119 Å². The van der Waals surface area contributed by atoms with Crippen molar-refractivity contribution in [2.45, 2.75) is 50.9 Å². The fraction of sp³-hybridized carbons (Fsp3) is 0.625. The summed E-state index contributed by atoms with van der Waals surface area (Å²) in [5, 5.41) is 14.2. The summed E-state index contributed by atoms with van der Waals surface area (Å²) in [6, 6.07) is 5.28. The molecule has 1 N–H and O–H groups in total. The van der Waals surface area contributed by atoms with Crippen molar-refractivity contribution in [3.8, 4) is 0 Å². The first-order valence-electron chi connectivity index (χ1n) is 7.61. The minimum Gasteiger partial charge on any atom is -0.384 e. The summed E-state index contributed by atoms with van der Waals surface area (Å²) >= 11 is 0. The molecule has 1 aliphatic carbocycles. The first-order valence-corrected chi connectivity index (χ1v) is 7.61. The maximum Gasteiger partial charge on any atom is 0.271 e. The fourth-order valence-electron chi connectivity index (χ4n) is 3.91. The Morgan fingerprint density at radius 1 is 1.35 bits per heavy atom. The molecule has 1 atom stereocenters. The Kier molecular flexibility index (Phi) is 3.40. The molecule has 4 heteroatoms. The number of non-ortho nitro benzene ring substituents is 1. The van der Waals surface area contributed by atoms with E-state index >= 15 is 0 Å². The monoisotopic (exact) mass is 274 g/mol. The molecule has 0 bridgehead atoms. The Hall–Kier alpha value is -1.58. The first kappa shape index (κ1) is 13.4. The third-order valence-corrected chi connectivity index (χ3v) is 5.00. The number of nitrogens with one attached hydrogen (secondary N) is 1. The lowest BCUT2D eigenvalue weighted by Crippen LogP contribution is -2.28. The summed E-state index contributed by atoms with van der Waals surface area (Å²) in [7, 11) is 0. The molecule has 1 aromatic rings. The fourth-order valence-corrected chi connectivity index (χ4v) is 3.91. The molecule has 1 fully saturated rings. The van der Waals surface area contributed by atoms with Gasteiger partial charge in [0.15, 0.2) is 0 Å². The second-order valence-electron chi connectivity index (χ2n) is 6.61. The second kappa shape index (κ2) is 5.08. The Morgan fingerprint density at radius 3 is 2.80 bits per heavy atom. The minimum absolute atomic E-state index is 0.131. The van der Waals surface area contributed by atoms with E-state index in [0.29, 0.717) is 0 Å². The molecule has 4 nitrogen and oxygen atoms in total. The number of anilines is 1. The van der Waals surface area contributed by atoms with E-state index in [4.69, 9.17) is 0 Å². The summed E-state index contributed by atoms with van der Waals surface area (Å²) in [5.41, 5.74) is 2.52.